The molecule has 0 aromatic carbocycles. The number of methoxy groups -OCH3 is 1. The van der Waals surface area contributed by atoms with Crippen LogP contribution in [0.3, 0.4) is 0 Å². The highest BCUT2D eigenvalue weighted by molar-refractivity contribution is 5.84. The Labute approximate surface area is 78.4 Å². The van der Waals surface area contributed by atoms with Crippen molar-refractivity contribution in [2.75, 3.05) is 7.11 Å². The van der Waals surface area contributed by atoms with E-state index in [9.17, 15) is 4.79 Å². The molecule has 2 fully saturated rings. The molecule has 1 heterocycles. The summed E-state index contributed by atoms with van der Waals surface area (Å²) in [6.07, 6.45) is 3.16. The van der Waals surface area contributed by atoms with Gasteiger partial charge < -0.3 is 9.47 Å². The minimum absolute atomic E-state index is 0.181. The summed E-state index contributed by atoms with van der Waals surface area (Å²) in [5.41, 5.74) is -0.827. The maximum atomic E-state index is 11.4. The summed E-state index contributed by atoms with van der Waals surface area (Å²) in [5, 5.41) is 0. The van der Waals surface area contributed by atoms with Crippen molar-refractivity contribution in [2.24, 2.45) is 5.92 Å². The number of ether oxygens (including phenoxy) is 2. The summed E-state index contributed by atoms with van der Waals surface area (Å²) in [5.74, 6) is 0.452. The van der Waals surface area contributed by atoms with E-state index in [-0.39, 0.29) is 11.6 Å². The Hall–Kier alpha value is -0.570. The first-order valence-electron chi connectivity index (χ1n) is 4.83. The second kappa shape index (κ2) is 2.47. The van der Waals surface area contributed by atoms with Gasteiger partial charge >= 0.3 is 5.97 Å². The maximum Gasteiger partial charge on any atom is 0.340 e. The zero-order valence-corrected chi connectivity index (χ0v) is 8.42. The first kappa shape index (κ1) is 9.00. The molecule has 1 saturated heterocycles. The standard InChI is InChI=1S/C10H16O3/c1-7-4-5-10(6-7)9(2,13-10)8(11)12-3/h7H,4-6H2,1-3H3. The molecule has 0 radical (unpaired) electrons. The van der Waals surface area contributed by atoms with Crippen molar-refractivity contribution in [2.45, 2.75) is 44.3 Å². The van der Waals surface area contributed by atoms with Gasteiger partial charge in [-0.05, 0) is 32.1 Å². The molecule has 0 aromatic heterocycles. The molecule has 3 atom stereocenters. The lowest BCUT2D eigenvalue weighted by Crippen LogP contribution is -2.30. The van der Waals surface area contributed by atoms with Crippen LogP contribution in [0.5, 0.6) is 0 Å². The van der Waals surface area contributed by atoms with Crippen LogP contribution in [0, 0.1) is 5.92 Å². The van der Waals surface area contributed by atoms with Gasteiger partial charge in [-0.1, -0.05) is 6.92 Å². The van der Waals surface area contributed by atoms with Gasteiger partial charge in [0, 0.05) is 0 Å². The zero-order valence-electron chi connectivity index (χ0n) is 8.42. The molecule has 3 nitrogen and oxygen atoms in total. The van der Waals surface area contributed by atoms with Gasteiger partial charge in [0.05, 0.1) is 7.11 Å². The fourth-order valence-corrected chi connectivity index (χ4v) is 2.56. The van der Waals surface area contributed by atoms with Crippen LogP contribution in [0.25, 0.3) is 0 Å². The molecule has 3 heteroatoms. The van der Waals surface area contributed by atoms with Crippen LogP contribution in [0.15, 0.2) is 0 Å². The summed E-state index contributed by atoms with van der Waals surface area (Å²) in [4.78, 5) is 11.4. The van der Waals surface area contributed by atoms with Gasteiger partial charge in [0.2, 0.25) is 0 Å². The van der Waals surface area contributed by atoms with Crippen LogP contribution in [0.1, 0.15) is 33.1 Å². The van der Waals surface area contributed by atoms with Crippen LogP contribution >= 0.6 is 0 Å². The highest BCUT2D eigenvalue weighted by Crippen LogP contribution is 2.59. The molecule has 1 spiro atoms. The van der Waals surface area contributed by atoms with Crippen molar-refractivity contribution in [1.29, 1.82) is 0 Å². The van der Waals surface area contributed by atoms with E-state index >= 15 is 0 Å². The highest BCUT2D eigenvalue weighted by atomic mass is 16.7. The van der Waals surface area contributed by atoms with Gasteiger partial charge in [0.1, 0.15) is 5.60 Å². The molecule has 0 amide bonds. The van der Waals surface area contributed by atoms with Crippen LogP contribution in [0.4, 0.5) is 0 Å². The normalized spacial score (nSPS) is 48.1. The average molecular weight is 184 g/mol. The Balaban J connectivity index is 2.11. The van der Waals surface area contributed by atoms with Crippen molar-refractivity contribution in [3.05, 3.63) is 0 Å². The van der Waals surface area contributed by atoms with E-state index in [2.05, 4.69) is 6.92 Å². The van der Waals surface area contributed by atoms with E-state index in [0.29, 0.717) is 5.92 Å². The molecule has 1 saturated carbocycles. The van der Waals surface area contributed by atoms with Crippen molar-refractivity contribution < 1.29 is 14.3 Å². The number of carbonyl (C=O) groups is 1. The summed E-state index contributed by atoms with van der Waals surface area (Å²) in [6, 6.07) is 0. The highest BCUT2D eigenvalue weighted by Gasteiger charge is 2.73. The van der Waals surface area contributed by atoms with Crippen molar-refractivity contribution in [3.8, 4) is 0 Å². The molecule has 0 aromatic rings. The molecule has 2 rings (SSSR count). The first-order valence-corrected chi connectivity index (χ1v) is 4.83. The molecule has 2 aliphatic rings. The maximum absolute atomic E-state index is 11.4. The second-order valence-electron chi connectivity index (χ2n) is 4.47. The van der Waals surface area contributed by atoms with E-state index < -0.39 is 5.60 Å². The van der Waals surface area contributed by atoms with Gasteiger partial charge in [0.25, 0.3) is 0 Å². The van der Waals surface area contributed by atoms with Crippen LogP contribution in [-0.4, -0.2) is 24.3 Å². The smallest absolute Gasteiger partial charge is 0.340 e. The lowest BCUT2D eigenvalue weighted by molar-refractivity contribution is -0.146. The van der Waals surface area contributed by atoms with Gasteiger partial charge in [-0.15, -0.1) is 0 Å². The molecule has 1 aliphatic heterocycles. The largest absolute Gasteiger partial charge is 0.467 e. The van der Waals surface area contributed by atoms with E-state index in [1.807, 2.05) is 6.92 Å². The van der Waals surface area contributed by atoms with E-state index in [0.717, 1.165) is 19.3 Å². The summed E-state index contributed by atoms with van der Waals surface area (Å²) >= 11 is 0. The van der Waals surface area contributed by atoms with Crippen LogP contribution in [0.2, 0.25) is 0 Å². The van der Waals surface area contributed by atoms with Gasteiger partial charge in [-0.3, -0.25) is 0 Å². The van der Waals surface area contributed by atoms with Crippen LogP contribution < -0.4 is 0 Å². The molecule has 0 bridgehead atoms. The van der Waals surface area contributed by atoms with E-state index in [1.165, 1.54) is 7.11 Å². The Morgan fingerprint density at radius 2 is 2.31 bits per heavy atom. The molecular formula is C10H16O3. The van der Waals surface area contributed by atoms with E-state index in [4.69, 9.17) is 9.47 Å². The molecule has 13 heavy (non-hydrogen) atoms. The molecule has 74 valence electrons. The number of carbonyl (C=O) groups excluding carboxylic acids is 1. The van der Waals surface area contributed by atoms with Crippen molar-refractivity contribution >= 4 is 5.97 Å². The second-order valence-corrected chi connectivity index (χ2v) is 4.47. The SMILES string of the molecule is COC(=O)C1(C)OC12CCC(C)C2. The molecule has 3 unspecified atom stereocenters. The summed E-state index contributed by atoms with van der Waals surface area (Å²) in [7, 11) is 1.42. The Morgan fingerprint density at radius 1 is 1.62 bits per heavy atom. The predicted octanol–water partition coefficient (Wildman–Crippen LogP) is 1.51. The van der Waals surface area contributed by atoms with Gasteiger partial charge in [-0.2, -0.15) is 0 Å². The minimum Gasteiger partial charge on any atom is -0.467 e. The summed E-state index contributed by atoms with van der Waals surface area (Å²) < 4.78 is 10.3. The number of epoxide rings is 1. The topological polar surface area (TPSA) is 38.8 Å². The lowest BCUT2D eigenvalue weighted by Gasteiger charge is -2.08. The Morgan fingerprint density at radius 3 is 2.77 bits per heavy atom. The Bertz CT molecular complexity index is 251. The first-order chi connectivity index (χ1) is 6.04. The molecule has 0 N–H and O–H groups in total. The van der Waals surface area contributed by atoms with E-state index in [1.54, 1.807) is 0 Å². The number of esters is 1. The molecule has 1 aliphatic carbocycles. The Kier molecular flexibility index (Phi) is 1.71. The average Bonchev–Trinajstić information content (AvgIpc) is 2.47. The zero-order chi connectivity index (χ0) is 9.69. The number of hydrogen-bond acceptors (Lipinski definition) is 3. The third kappa shape index (κ3) is 1.03. The fraction of sp³-hybridized carbons (Fsp3) is 0.900. The van der Waals surface area contributed by atoms with Gasteiger partial charge in [0.15, 0.2) is 5.60 Å². The van der Waals surface area contributed by atoms with Crippen LogP contribution in [-0.2, 0) is 14.3 Å². The van der Waals surface area contributed by atoms with Gasteiger partial charge in [-0.25, -0.2) is 4.79 Å². The number of rotatable bonds is 1. The molecular weight excluding hydrogens is 168 g/mol. The third-order valence-corrected chi connectivity index (χ3v) is 3.52. The van der Waals surface area contributed by atoms with Crippen molar-refractivity contribution in [1.82, 2.24) is 0 Å². The van der Waals surface area contributed by atoms with Crippen molar-refractivity contribution in [3.63, 3.8) is 0 Å². The summed E-state index contributed by atoms with van der Waals surface area (Å²) in [6.45, 7) is 4.05. The fourth-order valence-electron chi connectivity index (χ4n) is 2.56. The third-order valence-electron chi connectivity index (χ3n) is 3.52. The monoisotopic (exact) mass is 184 g/mol. The number of hydrogen-bond donors (Lipinski definition) is 0. The quantitative estimate of drug-likeness (QED) is 0.458. The lowest BCUT2D eigenvalue weighted by atomic mass is 9.92. The predicted molar refractivity (Wildman–Crippen MR) is 47.3 cm³/mol. The minimum atomic E-state index is -0.646.